The fourth-order valence-electron chi connectivity index (χ4n) is 21.6. The summed E-state index contributed by atoms with van der Waals surface area (Å²) in [5.41, 5.74) is -9.57. The van der Waals surface area contributed by atoms with Gasteiger partial charge in [0, 0.05) is 11.5 Å². The van der Waals surface area contributed by atoms with Crippen molar-refractivity contribution in [2.45, 2.75) is 308 Å². The van der Waals surface area contributed by atoms with E-state index in [2.05, 4.69) is 0 Å². The summed E-state index contributed by atoms with van der Waals surface area (Å²) in [7, 11) is 1.45. The maximum Gasteiger partial charge on any atom is 0.331 e. The van der Waals surface area contributed by atoms with Gasteiger partial charge in [0.25, 0.3) is 0 Å². The number of carbonyl (C=O) groups is 3. The van der Waals surface area contributed by atoms with Crippen LogP contribution in [0.3, 0.4) is 0 Å². The highest BCUT2D eigenvalue weighted by Crippen LogP contribution is 2.76. The van der Waals surface area contributed by atoms with Gasteiger partial charge in [0.15, 0.2) is 49.9 Å². The first-order valence-electron chi connectivity index (χ1n) is 40.5. The van der Waals surface area contributed by atoms with E-state index in [4.69, 9.17) is 75.8 Å². The van der Waals surface area contributed by atoms with Crippen molar-refractivity contribution in [2.75, 3.05) is 53.4 Å². The molecule has 4 saturated carbocycles. The second kappa shape index (κ2) is 35.4. The quantitative estimate of drug-likeness (QED) is 0.0210. The van der Waals surface area contributed by atoms with Gasteiger partial charge in [-0.25, -0.2) is 4.79 Å². The molecule has 42 atom stereocenters. The number of esters is 2. The van der Waals surface area contributed by atoms with Crippen LogP contribution in [0.4, 0.5) is 0 Å². The highest BCUT2D eigenvalue weighted by Gasteiger charge is 2.75. The number of hydrogen-bond acceptors (Lipinski definition) is 39. The summed E-state index contributed by atoms with van der Waals surface area (Å²) < 4.78 is 98.4. The summed E-state index contributed by atoms with van der Waals surface area (Å²) in [4.78, 5) is 45.5. The third-order valence-electron chi connectivity index (χ3n) is 28.4. The Morgan fingerprint density at radius 2 is 1.08 bits per heavy atom. The van der Waals surface area contributed by atoms with E-state index in [0.717, 1.165) is 6.08 Å². The van der Waals surface area contributed by atoms with E-state index in [0.29, 0.717) is 16.9 Å². The van der Waals surface area contributed by atoms with Gasteiger partial charge >= 0.3 is 17.9 Å². The molecule has 11 fully saturated rings. The van der Waals surface area contributed by atoms with E-state index in [1.54, 1.807) is 24.3 Å². The number of hydrogen-bond donors (Lipinski definition) is 21. The zero-order chi connectivity index (χ0) is 86.6. The number of carbonyl (C=O) groups excluding carboxylic acids is 2. The molecule has 0 amide bonds. The Balaban J connectivity index is 0.896. The number of carboxylic acids is 1. The van der Waals surface area contributed by atoms with Crippen molar-refractivity contribution in [3.05, 3.63) is 47.6 Å². The molecule has 7 aliphatic heterocycles. The van der Waals surface area contributed by atoms with Crippen molar-refractivity contribution < 1.29 is 197 Å². The van der Waals surface area contributed by atoms with E-state index in [-0.39, 0.29) is 51.4 Å². The van der Waals surface area contributed by atoms with E-state index >= 15 is 4.79 Å². The first kappa shape index (κ1) is 92.3. The van der Waals surface area contributed by atoms with Gasteiger partial charge < -0.3 is 183 Å². The molecule has 674 valence electrons. The Morgan fingerprint density at radius 1 is 0.521 bits per heavy atom. The minimum atomic E-state index is -2.37. The zero-order valence-electron chi connectivity index (χ0n) is 67.1. The van der Waals surface area contributed by atoms with Crippen LogP contribution in [0.2, 0.25) is 0 Å². The van der Waals surface area contributed by atoms with Crippen molar-refractivity contribution in [3.63, 3.8) is 0 Å². The van der Waals surface area contributed by atoms with E-state index in [1.807, 2.05) is 33.8 Å². The van der Waals surface area contributed by atoms with Crippen LogP contribution in [0.15, 0.2) is 42.0 Å². The summed E-state index contributed by atoms with van der Waals surface area (Å²) in [6.07, 6.45) is -58.5. The molecule has 119 heavy (non-hydrogen) atoms. The van der Waals surface area contributed by atoms with Crippen LogP contribution in [0.1, 0.15) is 105 Å². The fraction of sp³-hybridized carbons (Fsp3) is 0.835. The number of benzene rings is 1. The van der Waals surface area contributed by atoms with Crippen molar-refractivity contribution in [1.82, 2.24) is 0 Å². The number of methoxy groups -OCH3 is 1. The van der Waals surface area contributed by atoms with Crippen molar-refractivity contribution in [2.24, 2.45) is 50.2 Å². The molecule has 40 nitrogen and oxygen atoms in total. The third-order valence-corrected chi connectivity index (χ3v) is 28.4. The number of aliphatic hydroxyl groups excluding tert-OH is 19. The Kier molecular flexibility index (Phi) is 27.5. The summed E-state index contributed by atoms with van der Waals surface area (Å²) in [6, 6.07) is 6.42. The molecule has 21 N–H and O–H groups in total. The average Bonchev–Trinajstić information content (AvgIpc) is 0.947. The molecule has 42 unspecified atom stereocenters. The van der Waals surface area contributed by atoms with Crippen molar-refractivity contribution in [3.8, 4) is 5.75 Å². The molecule has 5 aliphatic carbocycles. The molecular weight excluding hydrogens is 1590 g/mol. The number of ether oxygens (including phenoxy) is 16. The molecule has 0 radical (unpaired) electrons. The van der Waals surface area contributed by atoms with Gasteiger partial charge in [0.2, 0.25) is 6.29 Å². The minimum absolute atomic E-state index is 0.0476. The molecule has 13 rings (SSSR count). The maximum absolute atomic E-state index is 16.8. The molecule has 12 aliphatic rings. The summed E-state index contributed by atoms with van der Waals surface area (Å²) >= 11 is 0. The Hall–Kier alpha value is -4.41. The number of aliphatic hydroxyl groups is 20. The largest absolute Gasteiger partial charge is 0.497 e. The van der Waals surface area contributed by atoms with Crippen LogP contribution in [-0.4, -0.2) is 387 Å². The molecule has 0 aromatic heterocycles. The van der Waals surface area contributed by atoms with E-state index in [1.165, 1.54) is 34.0 Å². The second-order valence-electron chi connectivity index (χ2n) is 35.9. The van der Waals surface area contributed by atoms with E-state index < -0.39 is 323 Å². The zero-order valence-corrected chi connectivity index (χ0v) is 67.1. The van der Waals surface area contributed by atoms with Crippen LogP contribution in [0.5, 0.6) is 5.75 Å². The third kappa shape index (κ3) is 16.3. The molecule has 40 heteroatoms. The van der Waals surface area contributed by atoms with Crippen LogP contribution in [0.25, 0.3) is 6.08 Å². The maximum atomic E-state index is 16.8. The van der Waals surface area contributed by atoms with Gasteiger partial charge in [-0.1, -0.05) is 51.5 Å². The summed E-state index contributed by atoms with van der Waals surface area (Å²) in [6.45, 7) is 6.21. The molecular formula is C79H118O40. The van der Waals surface area contributed by atoms with Gasteiger partial charge in [-0.3, -0.25) is 9.59 Å². The van der Waals surface area contributed by atoms with Gasteiger partial charge in [-0.2, -0.15) is 0 Å². The monoisotopic (exact) mass is 1710 g/mol. The Bertz CT molecular complexity index is 3730. The highest BCUT2D eigenvalue weighted by atomic mass is 16.8. The van der Waals surface area contributed by atoms with Gasteiger partial charge in [-0.15, -0.1) is 0 Å². The predicted octanol–water partition coefficient (Wildman–Crippen LogP) is -6.34. The number of aliphatic carboxylic acids is 1. The topological polar surface area (TPSA) is 624 Å². The number of fused-ring (bicyclic) bond motifs is 7. The molecule has 7 heterocycles. The lowest BCUT2D eigenvalue weighted by atomic mass is 9.33. The van der Waals surface area contributed by atoms with Crippen LogP contribution in [-0.2, 0) is 85.4 Å². The predicted molar refractivity (Wildman–Crippen MR) is 392 cm³/mol. The molecule has 1 aromatic rings. The van der Waals surface area contributed by atoms with Gasteiger partial charge in [-0.05, 0) is 130 Å². The Morgan fingerprint density at radius 3 is 1.67 bits per heavy atom. The van der Waals surface area contributed by atoms with Crippen molar-refractivity contribution >= 4 is 24.0 Å². The average molecular weight is 1710 g/mol. The highest BCUT2D eigenvalue weighted by molar-refractivity contribution is 5.87. The first-order valence-corrected chi connectivity index (χ1v) is 40.5. The second-order valence-corrected chi connectivity index (χ2v) is 35.9. The first-order chi connectivity index (χ1) is 56.1. The van der Waals surface area contributed by atoms with Gasteiger partial charge in [0.1, 0.15) is 139 Å². The molecule has 1 aromatic carbocycles. The molecule has 0 spiro atoms. The summed E-state index contributed by atoms with van der Waals surface area (Å²) in [5, 5.41) is 238. The Labute approximate surface area is 684 Å². The summed E-state index contributed by atoms with van der Waals surface area (Å²) in [5.74, 6) is -5.63. The number of carboxylic acid groups (broad SMARTS) is 1. The molecule has 7 saturated heterocycles. The number of rotatable bonds is 23. The number of allylic oxidation sites excluding steroid dienone is 1. The normalized spacial score (nSPS) is 50.5. The van der Waals surface area contributed by atoms with Crippen LogP contribution >= 0.6 is 0 Å². The van der Waals surface area contributed by atoms with Crippen molar-refractivity contribution in [1.29, 1.82) is 0 Å². The smallest absolute Gasteiger partial charge is 0.331 e. The van der Waals surface area contributed by atoms with Crippen LogP contribution in [0, 0.1) is 50.2 Å². The standard InChI is InChI=1S/C79H118O40/c1-31-56(113-64-51(94)46(89)38(85)26-105-64)59(115-70-62(99)78(103,29-83)30-107-70)55(98)67(108-31)117-61-60(116-68-54(97)58(49(92)41(25-81)111-68)114-65-52(95)47(90)39(86)27-106-65)57(112-45(88)16-11-33-9-12-34(104-8)13-10-33)32(2)109-69(61)119-72(102)79-20-19-77(28-82)35(36(79)21-73(3,4)23-44(79)87)14-15-42-74(5)22-37(84)63(76(7,71(100)101)43(74)17-18-75(42,77)6)118-66-53(96)50(93)48(91)40(24-80)110-66/h9-14,16,31-32,36-44,46-70,80-87,89-99,103H,15,17-30H2,1-8H3,(H,100,101). The lowest BCUT2D eigenvalue weighted by Gasteiger charge is -2.71. The fourth-order valence-corrected chi connectivity index (χ4v) is 21.6. The lowest BCUT2D eigenvalue weighted by Crippen LogP contribution is -2.71. The van der Waals surface area contributed by atoms with Crippen LogP contribution < -0.4 is 4.74 Å². The minimum Gasteiger partial charge on any atom is -0.497 e. The van der Waals surface area contributed by atoms with Gasteiger partial charge in [0.05, 0.1) is 83.2 Å². The molecule has 0 bridgehead atoms. The SMILES string of the molecule is COc1ccc(C=CC(=O)OC2C(C)OC(OC(=O)C34CCC5(CO)C(=CCC6C7(C)CC(O)C(OC8OC(CO)C(O)C(O)C8O)C(C)(C(=O)O)C7CCC65C)C3CC(C)(C)CC4O)C(OC3OC(C)C(OC4OCC(O)C(O)C4O)C(OC4OCC(O)(CO)C4O)C3O)C2OC2OC(CO)C(O)C(OC3OCC(O)C(O)C3O)C2O)cc1. The lowest BCUT2D eigenvalue weighted by molar-refractivity contribution is -0.401. The van der Waals surface area contributed by atoms with E-state index in [9.17, 15) is 117 Å².